The molecule has 3 aromatic rings. The molecule has 8 heteroatoms. The first-order valence-corrected chi connectivity index (χ1v) is 11.9. The average molecular weight is 503 g/mol. The minimum Gasteiger partial charge on any atom is -0.325 e. The summed E-state index contributed by atoms with van der Waals surface area (Å²) >= 11 is 3.33. The summed E-state index contributed by atoms with van der Waals surface area (Å²) in [4.78, 5) is 25.5. The van der Waals surface area contributed by atoms with Gasteiger partial charge in [0.15, 0.2) is 0 Å². The van der Waals surface area contributed by atoms with Gasteiger partial charge in [-0.1, -0.05) is 22.0 Å². The van der Waals surface area contributed by atoms with Crippen LogP contribution in [0.25, 0.3) is 0 Å². The molecule has 31 heavy (non-hydrogen) atoms. The Morgan fingerprint density at radius 3 is 2.19 bits per heavy atom. The zero-order chi connectivity index (χ0) is 22.9. The van der Waals surface area contributed by atoms with Gasteiger partial charge in [-0.15, -0.1) is 0 Å². The minimum atomic E-state index is -4.05. The van der Waals surface area contributed by atoms with E-state index in [1.54, 1.807) is 56.3 Å². The van der Waals surface area contributed by atoms with Gasteiger partial charge in [0, 0.05) is 15.9 Å². The number of sulfone groups is 1. The molecule has 0 unspecified atom stereocenters. The fourth-order valence-corrected chi connectivity index (χ4v) is 5.21. The molecule has 0 fully saturated rings. The maximum absolute atomic E-state index is 13.3. The third-order valence-corrected chi connectivity index (χ3v) is 7.57. The van der Waals surface area contributed by atoms with Gasteiger partial charge in [0.2, 0.25) is 15.7 Å². The van der Waals surface area contributed by atoms with E-state index in [2.05, 4.69) is 21.2 Å². The van der Waals surface area contributed by atoms with Gasteiger partial charge >= 0.3 is 0 Å². The first kappa shape index (κ1) is 23.0. The molecular formula is C23H23BrN2O4S. The number of pyridine rings is 1. The van der Waals surface area contributed by atoms with Crippen LogP contribution in [0.4, 0.5) is 5.69 Å². The van der Waals surface area contributed by atoms with Crippen LogP contribution in [0.1, 0.15) is 22.4 Å². The van der Waals surface area contributed by atoms with Crippen molar-refractivity contribution in [1.82, 2.24) is 4.57 Å². The van der Waals surface area contributed by atoms with E-state index in [0.29, 0.717) is 16.9 Å². The summed E-state index contributed by atoms with van der Waals surface area (Å²) in [5.74, 6) is -0.425. The van der Waals surface area contributed by atoms with Crippen molar-refractivity contribution in [2.75, 3.05) is 5.32 Å². The lowest BCUT2D eigenvalue weighted by molar-refractivity contribution is -0.116. The van der Waals surface area contributed by atoms with Gasteiger partial charge in [-0.25, -0.2) is 8.42 Å². The van der Waals surface area contributed by atoms with Crippen molar-refractivity contribution in [1.29, 1.82) is 0 Å². The van der Waals surface area contributed by atoms with Gasteiger partial charge in [-0.05, 0) is 86.8 Å². The Bertz CT molecular complexity index is 1330. The second kappa shape index (κ2) is 8.80. The van der Waals surface area contributed by atoms with Crippen molar-refractivity contribution in [2.45, 2.75) is 44.0 Å². The Kier molecular flexibility index (Phi) is 6.52. The van der Waals surface area contributed by atoms with E-state index < -0.39 is 21.3 Å². The van der Waals surface area contributed by atoms with Gasteiger partial charge in [0.05, 0.1) is 4.90 Å². The summed E-state index contributed by atoms with van der Waals surface area (Å²) in [6, 6.07) is 13.4. The van der Waals surface area contributed by atoms with Gasteiger partial charge < -0.3 is 9.88 Å². The summed E-state index contributed by atoms with van der Waals surface area (Å²) in [5.41, 5.74) is 2.51. The number of nitrogens with one attached hydrogen (secondary N) is 1. The predicted octanol–water partition coefficient (Wildman–Crippen LogP) is 4.32. The Morgan fingerprint density at radius 1 is 0.935 bits per heavy atom. The minimum absolute atomic E-state index is 0.0607. The van der Waals surface area contributed by atoms with Crippen LogP contribution in [0.2, 0.25) is 0 Å². The van der Waals surface area contributed by atoms with Crippen LogP contribution < -0.4 is 10.9 Å². The van der Waals surface area contributed by atoms with Crippen LogP contribution in [0.5, 0.6) is 0 Å². The lowest BCUT2D eigenvalue weighted by Crippen LogP contribution is -2.33. The quantitative estimate of drug-likeness (QED) is 0.562. The van der Waals surface area contributed by atoms with Crippen LogP contribution in [0.3, 0.4) is 0 Å². The van der Waals surface area contributed by atoms with Crippen LogP contribution in [-0.2, 0) is 21.2 Å². The molecular weight excluding hydrogens is 480 g/mol. The number of carbonyl (C=O) groups excluding carboxylic acids is 1. The maximum atomic E-state index is 13.3. The number of rotatable bonds is 5. The molecule has 0 atom stereocenters. The molecule has 162 valence electrons. The van der Waals surface area contributed by atoms with Crippen LogP contribution in [0.15, 0.2) is 67.6 Å². The number of hydrogen-bond donors (Lipinski definition) is 1. The highest BCUT2D eigenvalue weighted by Crippen LogP contribution is 2.24. The number of anilines is 1. The fraction of sp³-hybridized carbons (Fsp3) is 0.217. The lowest BCUT2D eigenvalue weighted by Gasteiger charge is -2.15. The molecule has 0 aliphatic carbocycles. The van der Waals surface area contributed by atoms with E-state index in [9.17, 15) is 18.0 Å². The highest BCUT2D eigenvalue weighted by molar-refractivity contribution is 9.10. The van der Waals surface area contributed by atoms with Crippen molar-refractivity contribution in [3.63, 3.8) is 0 Å². The zero-order valence-corrected chi connectivity index (χ0v) is 20.1. The molecule has 6 nitrogen and oxygen atoms in total. The SMILES string of the molecule is Cc1ccc(S(=O)(=O)c2c(C)cc(C)n(CC(=O)Nc3ccc(Br)cc3)c2=O)cc1C. The number of amides is 1. The van der Waals surface area contributed by atoms with Crippen molar-refractivity contribution in [3.8, 4) is 0 Å². The number of halogens is 1. The summed E-state index contributed by atoms with van der Waals surface area (Å²) < 4.78 is 28.6. The van der Waals surface area contributed by atoms with E-state index >= 15 is 0 Å². The lowest BCUT2D eigenvalue weighted by atomic mass is 10.1. The van der Waals surface area contributed by atoms with Gasteiger partial charge in [0.25, 0.3) is 5.56 Å². The number of nitrogens with zero attached hydrogens (tertiary/aromatic N) is 1. The van der Waals surface area contributed by atoms with E-state index in [-0.39, 0.29) is 16.3 Å². The van der Waals surface area contributed by atoms with E-state index in [1.165, 1.54) is 10.6 Å². The van der Waals surface area contributed by atoms with E-state index in [4.69, 9.17) is 0 Å². The van der Waals surface area contributed by atoms with E-state index in [0.717, 1.165) is 15.6 Å². The Balaban J connectivity index is 2.01. The van der Waals surface area contributed by atoms with Gasteiger partial charge in [0.1, 0.15) is 11.4 Å². The summed E-state index contributed by atoms with van der Waals surface area (Å²) in [5, 5.41) is 2.72. The van der Waals surface area contributed by atoms with Crippen molar-refractivity contribution in [3.05, 3.63) is 85.7 Å². The molecule has 2 aromatic carbocycles. The highest BCUT2D eigenvalue weighted by atomic mass is 79.9. The smallest absolute Gasteiger partial charge is 0.270 e. The first-order valence-electron chi connectivity index (χ1n) is 9.59. The highest BCUT2D eigenvalue weighted by Gasteiger charge is 2.26. The topological polar surface area (TPSA) is 85.2 Å². The fourth-order valence-electron chi connectivity index (χ4n) is 3.31. The zero-order valence-electron chi connectivity index (χ0n) is 17.7. The summed E-state index contributed by atoms with van der Waals surface area (Å²) in [6.07, 6.45) is 0. The molecule has 0 saturated heterocycles. The molecule has 1 amide bonds. The molecule has 3 rings (SSSR count). The molecule has 0 spiro atoms. The van der Waals surface area contributed by atoms with Crippen LogP contribution >= 0.6 is 15.9 Å². The normalized spacial score (nSPS) is 11.4. The number of carbonyl (C=O) groups is 1. The Labute approximate surface area is 190 Å². The summed E-state index contributed by atoms with van der Waals surface area (Å²) in [6.45, 7) is 6.68. The van der Waals surface area contributed by atoms with Crippen LogP contribution in [0, 0.1) is 27.7 Å². The number of benzene rings is 2. The second-order valence-corrected chi connectivity index (χ2v) is 10.3. The molecule has 0 saturated carbocycles. The second-order valence-electron chi connectivity index (χ2n) is 7.49. The molecule has 0 bridgehead atoms. The van der Waals surface area contributed by atoms with E-state index in [1.807, 2.05) is 13.8 Å². The van der Waals surface area contributed by atoms with Gasteiger partial charge in [-0.3, -0.25) is 9.59 Å². The molecule has 0 aliphatic rings. The number of aromatic nitrogens is 1. The standard InChI is InChI=1S/C23H23BrN2O4S/c1-14-5-10-20(12-15(14)2)31(29,30)22-16(3)11-17(4)26(23(22)28)13-21(27)25-19-8-6-18(24)7-9-19/h5-12H,13H2,1-4H3,(H,25,27). The maximum Gasteiger partial charge on any atom is 0.270 e. The first-order chi connectivity index (χ1) is 14.5. The predicted molar refractivity (Wildman–Crippen MR) is 124 cm³/mol. The Morgan fingerprint density at radius 2 is 1.58 bits per heavy atom. The monoisotopic (exact) mass is 502 g/mol. The molecule has 0 aliphatic heterocycles. The third-order valence-electron chi connectivity index (χ3n) is 5.14. The molecule has 0 radical (unpaired) electrons. The molecule has 1 heterocycles. The van der Waals surface area contributed by atoms with Crippen molar-refractivity contribution >= 4 is 37.4 Å². The van der Waals surface area contributed by atoms with Crippen molar-refractivity contribution < 1.29 is 13.2 Å². The van der Waals surface area contributed by atoms with Crippen LogP contribution in [-0.4, -0.2) is 18.9 Å². The molecule has 1 N–H and O–H groups in total. The average Bonchev–Trinajstić information content (AvgIpc) is 2.68. The number of hydrogen-bond acceptors (Lipinski definition) is 4. The largest absolute Gasteiger partial charge is 0.325 e. The Hall–Kier alpha value is -2.71. The molecule has 1 aromatic heterocycles. The van der Waals surface area contributed by atoms with Gasteiger partial charge in [-0.2, -0.15) is 0 Å². The third kappa shape index (κ3) is 4.80. The number of aryl methyl sites for hydroxylation is 4. The summed E-state index contributed by atoms with van der Waals surface area (Å²) in [7, 11) is -4.05. The van der Waals surface area contributed by atoms with Crippen molar-refractivity contribution in [2.24, 2.45) is 0 Å².